The summed E-state index contributed by atoms with van der Waals surface area (Å²) in [5, 5.41) is 3.77. The average molecular weight is 287 g/mol. The number of carbonyl (C=O) groups is 1. The third-order valence-electron chi connectivity index (χ3n) is 3.54. The predicted octanol–water partition coefficient (Wildman–Crippen LogP) is 1.20. The van der Waals surface area contributed by atoms with Crippen LogP contribution in [0.3, 0.4) is 0 Å². The first-order valence-electron chi connectivity index (χ1n) is 6.84. The normalized spacial score (nSPS) is 12.4. The number of rotatable bonds is 5. The Morgan fingerprint density at radius 1 is 1.38 bits per heavy atom. The Morgan fingerprint density at radius 2 is 2.10 bits per heavy atom. The summed E-state index contributed by atoms with van der Waals surface area (Å²) in [6.45, 7) is 2.60. The SMILES string of the molecule is CC(CNC(=O)c1cc(NN)c2ccccc2n1)N(C)C. The Balaban J connectivity index is 2.23. The maximum absolute atomic E-state index is 12.2. The van der Waals surface area contributed by atoms with Crippen LogP contribution < -0.4 is 16.6 Å². The van der Waals surface area contributed by atoms with E-state index in [9.17, 15) is 4.79 Å². The highest BCUT2D eigenvalue weighted by Crippen LogP contribution is 2.22. The summed E-state index contributed by atoms with van der Waals surface area (Å²) in [7, 11) is 3.95. The molecule has 0 bridgehead atoms. The van der Waals surface area contributed by atoms with Crippen molar-refractivity contribution >= 4 is 22.5 Å². The second kappa shape index (κ2) is 6.51. The fourth-order valence-corrected chi connectivity index (χ4v) is 1.92. The summed E-state index contributed by atoms with van der Waals surface area (Å²) in [6.07, 6.45) is 0. The van der Waals surface area contributed by atoms with Crippen LogP contribution in [0.15, 0.2) is 30.3 Å². The molecule has 0 aliphatic carbocycles. The first-order chi connectivity index (χ1) is 10.0. The lowest BCUT2D eigenvalue weighted by atomic mass is 10.1. The minimum atomic E-state index is -0.203. The van der Waals surface area contributed by atoms with Crippen LogP contribution in [0.25, 0.3) is 10.9 Å². The van der Waals surface area contributed by atoms with E-state index in [0.29, 0.717) is 17.9 Å². The number of nitrogen functional groups attached to an aromatic ring is 1. The number of hydrogen-bond acceptors (Lipinski definition) is 5. The molecule has 0 fully saturated rings. The van der Waals surface area contributed by atoms with Crippen molar-refractivity contribution in [1.29, 1.82) is 0 Å². The number of para-hydroxylation sites is 1. The fraction of sp³-hybridized carbons (Fsp3) is 0.333. The highest BCUT2D eigenvalue weighted by Gasteiger charge is 2.13. The van der Waals surface area contributed by atoms with Gasteiger partial charge in [-0.1, -0.05) is 18.2 Å². The summed E-state index contributed by atoms with van der Waals surface area (Å²) in [6, 6.07) is 9.47. The zero-order chi connectivity index (χ0) is 15.4. The molecule has 1 unspecified atom stereocenters. The van der Waals surface area contributed by atoms with Gasteiger partial charge < -0.3 is 15.6 Å². The van der Waals surface area contributed by atoms with Crippen LogP contribution in [0.5, 0.6) is 0 Å². The van der Waals surface area contributed by atoms with Crippen molar-refractivity contribution in [2.45, 2.75) is 13.0 Å². The average Bonchev–Trinajstić information content (AvgIpc) is 2.50. The van der Waals surface area contributed by atoms with Gasteiger partial charge >= 0.3 is 0 Å². The molecule has 0 saturated carbocycles. The standard InChI is InChI=1S/C15H21N5O/c1-10(20(2)3)9-17-15(21)14-8-13(19-16)11-6-4-5-7-12(11)18-14/h4-8,10H,9,16H2,1-3H3,(H,17,21)(H,18,19). The van der Waals surface area contributed by atoms with Gasteiger partial charge in [-0.2, -0.15) is 0 Å². The predicted molar refractivity (Wildman–Crippen MR) is 85.0 cm³/mol. The number of hydrogen-bond donors (Lipinski definition) is 3. The number of fused-ring (bicyclic) bond motifs is 1. The van der Waals surface area contributed by atoms with Crippen molar-refractivity contribution in [2.24, 2.45) is 5.84 Å². The number of amides is 1. The van der Waals surface area contributed by atoms with Crippen LogP contribution in [0.1, 0.15) is 17.4 Å². The number of aromatic nitrogens is 1. The van der Waals surface area contributed by atoms with Crippen molar-refractivity contribution in [1.82, 2.24) is 15.2 Å². The van der Waals surface area contributed by atoms with E-state index in [0.717, 1.165) is 10.9 Å². The summed E-state index contributed by atoms with van der Waals surface area (Å²) in [5.74, 6) is 5.33. The Hall–Kier alpha value is -2.18. The molecule has 4 N–H and O–H groups in total. The highest BCUT2D eigenvalue weighted by atomic mass is 16.1. The number of nitrogens with one attached hydrogen (secondary N) is 2. The zero-order valence-corrected chi connectivity index (χ0v) is 12.6. The molecular weight excluding hydrogens is 266 g/mol. The van der Waals surface area contributed by atoms with E-state index in [1.807, 2.05) is 50.2 Å². The largest absolute Gasteiger partial charge is 0.349 e. The van der Waals surface area contributed by atoms with Gasteiger partial charge in [0.1, 0.15) is 5.69 Å². The van der Waals surface area contributed by atoms with Gasteiger partial charge in [-0.25, -0.2) is 4.98 Å². The molecule has 6 heteroatoms. The molecule has 0 aliphatic heterocycles. The van der Waals surface area contributed by atoms with Crippen molar-refractivity contribution in [3.63, 3.8) is 0 Å². The van der Waals surface area contributed by atoms with E-state index in [1.165, 1.54) is 0 Å². The Bertz CT molecular complexity index is 641. The van der Waals surface area contributed by atoms with E-state index in [2.05, 4.69) is 15.7 Å². The van der Waals surface area contributed by atoms with E-state index >= 15 is 0 Å². The minimum Gasteiger partial charge on any atom is -0.349 e. The molecule has 0 saturated heterocycles. The van der Waals surface area contributed by atoms with Crippen LogP contribution in [-0.4, -0.2) is 42.5 Å². The highest BCUT2D eigenvalue weighted by molar-refractivity contribution is 5.99. The number of pyridine rings is 1. The number of benzene rings is 1. The monoisotopic (exact) mass is 287 g/mol. The van der Waals surface area contributed by atoms with Gasteiger partial charge in [0, 0.05) is 18.0 Å². The molecule has 6 nitrogen and oxygen atoms in total. The van der Waals surface area contributed by atoms with Crippen LogP contribution in [-0.2, 0) is 0 Å². The second-order valence-electron chi connectivity index (χ2n) is 5.24. The van der Waals surface area contributed by atoms with Crippen molar-refractivity contribution in [3.8, 4) is 0 Å². The molecule has 1 aromatic heterocycles. The van der Waals surface area contributed by atoms with Crippen LogP contribution >= 0.6 is 0 Å². The van der Waals surface area contributed by atoms with Gasteiger partial charge in [-0.15, -0.1) is 0 Å². The van der Waals surface area contributed by atoms with Gasteiger partial charge in [-0.05, 0) is 33.2 Å². The molecule has 0 aliphatic rings. The van der Waals surface area contributed by atoms with Gasteiger partial charge in [0.15, 0.2) is 0 Å². The summed E-state index contributed by atoms with van der Waals surface area (Å²) >= 11 is 0. The maximum Gasteiger partial charge on any atom is 0.270 e. The number of nitrogens with zero attached hydrogens (tertiary/aromatic N) is 2. The number of nitrogens with two attached hydrogens (primary N) is 1. The summed E-state index contributed by atoms with van der Waals surface area (Å²) in [4.78, 5) is 18.7. The number of anilines is 1. The van der Waals surface area contributed by atoms with Gasteiger partial charge in [0.2, 0.25) is 0 Å². The first kappa shape index (κ1) is 15.2. The van der Waals surface area contributed by atoms with E-state index < -0.39 is 0 Å². The summed E-state index contributed by atoms with van der Waals surface area (Å²) in [5.41, 5.74) is 4.40. The molecule has 1 heterocycles. The lowest BCUT2D eigenvalue weighted by Crippen LogP contribution is -2.38. The molecule has 21 heavy (non-hydrogen) atoms. The van der Waals surface area contributed by atoms with E-state index in [4.69, 9.17) is 5.84 Å². The molecular formula is C15H21N5O. The maximum atomic E-state index is 12.2. The summed E-state index contributed by atoms with van der Waals surface area (Å²) < 4.78 is 0. The molecule has 112 valence electrons. The Labute approximate surface area is 124 Å². The topological polar surface area (TPSA) is 83.3 Å². The van der Waals surface area contributed by atoms with Crippen molar-refractivity contribution < 1.29 is 4.79 Å². The van der Waals surface area contributed by atoms with Crippen LogP contribution in [0, 0.1) is 0 Å². The molecule has 1 aromatic carbocycles. The van der Waals surface area contributed by atoms with Crippen LogP contribution in [0.2, 0.25) is 0 Å². The van der Waals surface area contributed by atoms with E-state index in [1.54, 1.807) is 6.07 Å². The lowest BCUT2D eigenvalue weighted by molar-refractivity contribution is 0.0939. The zero-order valence-electron chi connectivity index (χ0n) is 12.6. The second-order valence-corrected chi connectivity index (χ2v) is 5.24. The van der Waals surface area contributed by atoms with Gasteiger partial charge in [0.25, 0.3) is 5.91 Å². The third-order valence-corrected chi connectivity index (χ3v) is 3.54. The van der Waals surface area contributed by atoms with Crippen LogP contribution in [0.4, 0.5) is 5.69 Å². The van der Waals surface area contributed by atoms with Gasteiger partial charge in [-0.3, -0.25) is 10.6 Å². The van der Waals surface area contributed by atoms with Crippen molar-refractivity contribution in [2.75, 3.05) is 26.1 Å². The molecule has 1 amide bonds. The minimum absolute atomic E-state index is 0.203. The first-order valence-corrected chi connectivity index (χ1v) is 6.84. The lowest BCUT2D eigenvalue weighted by Gasteiger charge is -2.20. The molecule has 1 atom stereocenters. The Morgan fingerprint density at radius 3 is 2.76 bits per heavy atom. The molecule has 2 aromatic rings. The smallest absolute Gasteiger partial charge is 0.270 e. The number of hydrazine groups is 1. The molecule has 0 spiro atoms. The Kier molecular flexibility index (Phi) is 4.72. The third kappa shape index (κ3) is 3.48. The molecule has 2 rings (SSSR count). The number of carbonyl (C=O) groups excluding carboxylic acids is 1. The fourth-order valence-electron chi connectivity index (χ4n) is 1.92. The van der Waals surface area contributed by atoms with Gasteiger partial charge in [0.05, 0.1) is 11.2 Å². The number of likely N-dealkylation sites (N-methyl/N-ethyl adjacent to an activating group) is 1. The molecule has 0 radical (unpaired) electrons. The quantitative estimate of drug-likeness (QED) is 0.568. The van der Waals surface area contributed by atoms with Crippen molar-refractivity contribution in [3.05, 3.63) is 36.0 Å². The van der Waals surface area contributed by atoms with E-state index in [-0.39, 0.29) is 11.9 Å².